The van der Waals surface area contributed by atoms with Crippen LogP contribution in [0, 0.1) is 23.2 Å². The molecule has 7 rings (SSSR count). The summed E-state index contributed by atoms with van der Waals surface area (Å²) in [4.78, 5) is 20.7. The van der Waals surface area contributed by atoms with Gasteiger partial charge in [0.15, 0.2) is 11.5 Å². The lowest BCUT2D eigenvalue weighted by molar-refractivity contribution is -0.149. The topological polar surface area (TPSA) is 67.9 Å². The number of nitrogens with zero attached hydrogens (tertiary/aromatic N) is 2. The summed E-state index contributed by atoms with van der Waals surface area (Å²) in [6, 6.07) is 16.5. The Balaban J connectivity index is 1.53. The quantitative estimate of drug-likeness (QED) is 0.775. The minimum atomic E-state index is -0.920. The average molecular weight is 430 g/mol. The number of benzene rings is 2. The molecule has 1 aliphatic heterocycles. The molecule has 0 spiro atoms. The molecule has 4 aliphatic carbocycles. The van der Waals surface area contributed by atoms with E-state index in [4.69, 9.17) is 15.5 Å². The largest absolute Gasteiger partial charge is 0.497 e. The Kier molecular flexibility index (Phi) is 4.24. The number of carbonyl (C=O) groups is 1. The fourth-order valence-electron chi connectivity index (χ4n) is 7.76. The van der Waals surface area contributed by atoms with E-state index in [2.05, 4.69) is 30.3 Å². The van der Waals surface area contributed by atoms with E-state index in [1.165, 1.54) is 19.3 Å². The van der Waals surface area contributed by atoms with Gasteiger partial charge in [-0.15, -0.1) is 0 Å². The zero-order chi connectivity index (χ0) is 22.1. The van der Waals surface area contributed by atoms with E-state index in [-0.39, 0.29) is 11.3 Å². The summed E-state index contributed by atoms with van der Waals surface area (Å²) < 4.78 is 5.44. The summed E-state index contributed by atoms with van der Waals surface area (Å²) in [5, 5.41) is 0. The number of ether oxygens (including phenoxy) is 1. The van der Waals surface area contributed by atoms with E-state index < -0.39 is 5.54 Å². The second kappa shape index (κ2) is 6.84. The van der Waals surface area contributed by atoms with Gasteiger partial charge in [0.05, 0.1) is 7.11 Å². The highest BCUT2D eigenvalue weighted by Gasteiger charge is 2.67. The molecule has 32 heavy (non-hydrogen) atoms. The summed E-state index contributed by atoms with van der Waals surface area (Å²) in [6.07, 6.45) is 7.21. The van der Waals surface area contributed by atoms with Gasteiger partial charge in [-0.3, -0.25) is 9.69 Å². The Hall–Kier alpha value is -2.82. The van der Waals surface area contributed by atoms with Gasteiger partial charge in [0.25, 0.3) is 5.91 Å². The monoisotopic (exact) mass is 429 g/mol. The molecule has 1 unspecified atom stereocenters. The van der Waals surface area contributed by atoms with Crippen molar-refractivity contribution in [3.05, 3.63) is 54.1 Å². The van der Waals surface area contributed by atoms with Crippen molar-refractivity contribution in [2.75, 3.05) is 14.2 Å². The summed E-state index contributed by atoms with van der Waals surface area (Å²) in [5.41, 5.74) is 8.39. The van der Waals surface area contributed by atoms with E-state index in [1.54, 1.807) is 19.1 Å². The third-order valence-electron chi connectivity index (χ3n) is 8.73. The Morgan fingerprint density at radius 3 is 2.12 bits per heavy atom. The molecule has 4 saturated carbocycles. The Morgan fingerprint density at radius 1 is 0.969 bits per heavy atom. The number of carbonyl (C=O) groups excluding carboxylic acids is 1. The fraction of sp³-hybridized carbons (Fsp3) is 0.481. The molecule has 5 nitrogen and oxygen atoms in total. The molecule has 0 saturated heterocycles. The number of likely N-dealkylation sites (N-methyl/N-ethyl adjacent to an activating group) is 1. The van der Waals surface area contributed by atoms with Crippen molar-refractivity contribution in [1.82, 2.24) is 4.90 Å². The first-order valence-corrected chi connectivity index (χ1v) is 11.8. The van der Waals surface area contributed by atoms with Crippen LogP contribution in [0.15, 0.2) is 53.5 Å². The van der Waals surface area contributed by atoms with Gasteiger partial charge in [0.2, 0.25) is 0 Å². The normalized spacial score (nSPS) is 35.3. The van der Waals surface area contributed by atoms with Crippen LogP contribution in [0.4, 0.5) is 0 Å². The fourth-order valence-corrected chi connectivity index (χ4v) is 7.76. The van der Waals surface area contributed by atoms with Crippen LogP contribution in [-0.4, -0.2) is 30.9 Å². The Bertz CT molecular complexity index is 1090. The highest BCUT2D eigenvalue weighted by Crippen LogP contribution is 2.67. The predicted octanol–water partition coefficient (Wildman–Crippen LogP) is 4.56. The van der Waals surface area contributed by atoms with Crippen molar-refractivity contribution >= 4 is 11.9 Å². The highest BCUT2D eigenvalue weighted by molar-refractivity contribution is 6.07. The van der Waals surface area contributed by atoms with Gasteiger partial charge in [0, 0.05) is 12.5 Å². The molecule has 0 radical (unpaired) electrons. The Labute approximate surface area is 189 Å². The standard InChI is InChI=1S/C27H31N3O2/c1-30-24(31)27(29-25(30)28,26-14-17-9-18(15-26)11-19(10-17)16-26)22-7-3-5-20(12-22)21-6-4-8-23(13-21)32-2/h3-8,12-13,17-19H,9-11,14-16H2,1-2H3,(H2,28,29). The van der Waals surface area contributed by atoms with Gasteiger partial charge in [-0.05, 0) is 91.2 Å². The number of hydrogen-bond donors (Lipinski definition) is 1. The number of guanidine groups is 1. The first-order valence-electron chi connectivity index (χ1n) is 11.8. The van der Waals surface area contributed by atoms with Crippen LogP contribution >= 0.6 is 0 Å². The van der Waals surface area contributed by atoms with E-state index >= 15 is 0 Å². The van der Waals surface area contributed by atoms with Gasteiger partial charge in [-0.25, -0.2) is 4.99 Å². The maximum Gasteiger partial charge on any atom is 0.262 e. The van der Waals surface area contributed by atoms with Crippen LogP contribution in [0.3, 0.4) is 0 Å². The molecular formula is C27H31N3O2. The lowest BCUT2D eigenvalue weighted by Crippen LogP contribution is -2.59. The molecule has 2 aromatic carbocycles. The summed E-state index contributed by atoms with van der Waals surface area (Å²) >= 11 is 0. The molecule has 1 heterocycles. The van der Waals surface area contributed by atoms with Crippen molar-refractivity contribution in [3.8, 4) is 16.9 Å². The molecule has 5 heteroatoms. The number of amides is 1. The second-order valence-electron chi connectivity index (χ2n) is 10.6. The molecular weight excluding hydrogens is 398 g/mol. The van der Waals surface area contributed by atoms with Crippen molar-refractivity contribution < 1.29 is 9.53 Å². The zero-order valence-corrected chi connectivity index (χ0v) is 18.9. The van der Waals surface area contributed by atoms with Gasteiger partial charge < -0.3 is 10.5 Å². The molecule has 4 fully saturated rings. The summed E-state index contributed by atoms with van der Waals surface area (Å²) in [5.74, 6) is 3.36. The van der Waals surface area contributed by atoms with Gasteiger partial charge >= 0.3 is 0 Å². The van der Waals surface area contributed by atoms with E-state index in [1.807, 2.05) is 18.2 Å². The number of aliphatic imine (C=N–C) groups is 1. The number of rotatable bonds is 4. The number of hydrogen-bond acceptors (Lipinski definition) is 4. The molecule has 1 atom stereocenters. The van der Waals surface area contributed by atoms with Gasteiger partial charge in [-0.1, -0.05) is 30.3 Å². The predicted molar refractivity (Wildman–Crippen MR) is 125 cm³/mol. The molecule has 166 valence electrons. The van der Waals surface area contributed by atoms with Crippen molar-refractivity contribution in [1.29, 1.82) is 0 Å². The third-order valence-corrected chi connectivity index (χ3v) is 8.73. The lowest BCUT2D eigenvalue weighted by Gasteiger charge is -2.61. The number of methoxy groups -OCH3 is 1. The zero-order valence-electron chi connectivity index (χ0n) is 18.9. The molecule has 5 aliphatic rings. The molecule has 2 N–H and O–H groups in total. The van der Waals surface area contributed by atoms with Crippen LogP contribution < -0.4 is 10.5 Å². The van der Waals surface area contributed by atoms with Crippen LogP contribution in [-0.2, 0) is 10.3 Å². The molecule has 0 aromatic heterocycles. The SMILES string of the molecule is COc1cccc(-c2cccc(C3(C45CC6CC(CC(C6)C4)C5)N=C(N)N(C)C3=O)c2)c1. The average Bonchev–Trinajstić information content (AvgIpc) is 3.03. The maximum absolute atomic E-state index is 14.0. The first kappa shape index (κ1) is 19.8. The smallest absolute Gasteiger partial charge is 0.262 e. The Morgan fingerprint density at radius 2 is 1.56 bits per heavy atom. The van der Waals surface area contributed by atoms with E-state index in [0.29, 0.717) is 5.96 Å². The minimum Gasteiger partial charge on any atom is -0.497 e. The lowest BCUT2D eigenvalue weighted by atomic mass is 9.43. The van der Waals surface area contributed by atoms with E-state index in [0.717, 1.165) is 59.5 Å². The maximum atomic E-state index is 14.0. The highest BCUT2D eigenvalue weighted by atomic mass is 16.5. The molecule has 2 aromatic rings. The molecule has 4 bridgehead atoms. The van der Waals surface area contributed by atoms with Crippen molar-refractivity contribution in [2.45, 2.75) is 44.1 Å². The minimum absolute atomic E-state index is 0.0414. The van der Waals surface area contributed by atoms with Crippen LogP contribution in [0.5, 0.6) is 5.75 Å². The second-order valence-corrected chi connectivity index (χ2v) is 10.6. The number of nitrogens with two attached hydrogens (primary N) is 1. The van der Waals surface area contributed by atoms with Gasteiger partial charge in [-0.2, -0.15) is 0 Å². The molecule has 1 amide bonds. The van der Waals surface area contributed by atoms with E-state index in [9.17, 15) is 4.79 Å². The summed E-state index contributed by atoms with van der Waals surface area (Å²) in [7, 11) is 3.46. The van der Waals surface area contributed by atoms with Crippen molar-refractivity contribution in [3.63, 3.8) is 0 Å². The first-order chi connectivity index (χ1) is 15.4. The third kappa shape index (κ3) is 2.63. The van der Waals surface area contributed by atoms with Crippen LogP contribution in [0.2, 0.25) is 0 Å². The van der Waals surface area contributed by atoms with Crippen molar-refractivity contribution in [2.24, 2.45) is 33.9 Å². The van der Waals surface area contributed by atoms with Crippen LogP contribution in [0.25, 0.3) is 11.1 Å². The summed E-state index contributed by atoms with van der Waals surface area (Å²) in [6.45, 7) is 0. The van der Waals surface area contributed by atoms with Crippen LogP contribution in [0.1, 0.15) is 44.1 Å². The van der Waals surface area contributed by atoms with Gasteiger partial charge in [0.1, 0.15) is 5.75 Å².